The zero-order valence-corrected chi connectivity index (χ0v) is 8.03. The van der Waals surface area contributed by atoms with Gasteiger partial charge in [-0.15, -0.1) is 0 Å². The van der Waals surface area contributed by atoms with Gasteiger partial charge in [-0.3, -0.25) is 0 Å². The highest BCUT2D eigenvalue weighted by Crippen LogP contribution is 2.21. The van der Waals surface area contributed by atoms with Crippen LogP contribution in [-0.2, 0) is 4.79 Å². The summed E-state index contributed by atoms with van der Waals surface area (Å²) in [6.45, 7) is 3.87. The molecule has 1 heteroatoms. The first-order valence-corrected chi connectivity index (χ1v) is 4.46. The van der Waals surface area contributed by atoms with Gasteiger partial charge in [-0.05, 0) is 18.1 Å². The van der Waals surface area contributed by atoms with Crippen molar-refractivity contribution in [2.45, 2.75) is 13.8 Å². The van der Waals surface area contributed by atoms with Gasteiger partial charge in [0.1, 0.15) is 6.29 Å². The predicted octanol–water partition coefficient (Wildman–Crippen LogP) is 2.92. The Balaban J connectivity index is 2.99. The topological polar surface area (TPSA) is 17.1 Å². The van der Waals surface area contributed by atoms with Crippen LogP contribution in [-0.4, -0.2) is 6.29 Å². The van der Waals surface area contributed by atoms with Gasteiger partial charge in [0.2, 0.25) is 0 Å². The second-order valence-corrected chi connectivity index (χ2v) is 3.03. The molecule has 0 aromatic heterocycles. The van der Waals surface area contributed by atoms with Gasteiger partial charge in [-0.25, -0.2) is 0 Å². The van der Waals surface area contributed by atoms with Crippen LogP contribution in [0, 0.1) is 5.92 Å². The molecular weight excluding hydrogens is 160 g/mol. The summed E-state index contributed by atoms with van der Waals surface area (Å²) in [4.78, 5) is 10.6. The molecule has 1 unspecified atom stereocenters. The number of hydrogen-bond donors (Lipinski definition) is 0. The first-order valence-electron chi connectivity index (χ1n) is 4.46. The van der Waals surface area contributed by atoms with E-state index in [1.807, 2.05) is 50.3 Å². The molecule has 1 rings (SSSR count). The lowest BCUT2D eigenvalue weighted by Crippen LogP contribution is -1.99. The Bertz CT molecular complexity index is 298. The Morgan fingerprint density at radius 3 is 2.38 bits per heavy atom. The Morgan fingerprint density at radius 2 is 1.92 bits per heavy atom. The fraction of sp³-hybridized carbons (Fsp3) is 0.250. The van der Waals surface area contributed by atoms with Crippen molar-refractivity contribution in [2.24, 2.45) is 5.92 Å². The third kappa shape index (κ3) is 2.28. The van der Waals surface area contributed by atoms with Crippen molar-refractivity contribution in [1.29, 1.82) is 0 Å². The fourth-order valence-electron chi connectivity index (χ4n) is 1.40. The van der Waals surface area contributed by atoms with Crippen molar-refractivity contribution < 1.29 is 4.79 Å². The summed E-state index contributed by atoms with van der Waals surface area (Å²) < 4.78 is 0. The molecule has 0 aliphatic heterocycles. The molecule has 1 aromatic carbocycles. The van der Waals surface area contributed by atoms with E-state index < -0.39 is 0 Å². The first kappa shape index (κ1) is 9.72. The van der Waals surface area contributed by atoms with Crippen LogP contribution in [0.25, 0.3) is 5.57 Å². The van der Waals surface area contributed by atoms with Crippen LogP contribution in [0.2, 0.25) is 0 Å². The third-order valence-corrected chi connectivity index (χ3v) is 2.11. The summed E-state index contributed by atoms with van der Waals surface area (Å²) >= 11 is 0. The average Bonchev–Trinajstić information content (AvgIpc) is 2.20. The molecule has 0 aliphatic rings. The van der Waals surface area contributed by atoms with Gasteiger partial charge in [0, 0.05) is 5.92 Å². The van der Waals surface area contributed by atoms with Crippen LogP contribution in [0.5, 0.6) is 0 Å². The second kappa shape index (κ2) is 4.61. The lowest BCUT2D eigenvalue weighted by atomic mass is 9.95. The van der Waals surface area contributed by atoms with Gasteiger partial charge in [0.05, 0.1) is 0 Å². The summed E-state index contributed by atoms with van der Waals surface area (Å²) in [5, 5.41) is 0. The Kier molecular flexibility index (Phi) is 3.44. The lowest BCUT2D eigenvalue weighted by Gasteiger charge is -2.09. The van der Waals surface area contributed by atoms with Crippen molar-refractivity contribution in [3.8, 4) is 0 Å². The Morgan fingerprint density at radius 1 is 1.31 bits per heavy atom. The molecule has 0 heterocycles. The van der Waals surface area contributed by atoms with Crippen molar-refractivity contribution in [2.75, 3.05) is 0 Å². The first-order chi connectivity index (χ1) is 6.29. The van der Waals surface area contributed by atoms with Crippen molar-refractivity contribution in [3.63, 3.8) is 0 Å². The molecule has 0 saturated carbocycles. The second-order valence-electron chi connectivity index (χ2n) is 3.03. The maximum atomic E-state index is 10.6. The highest BCUT2D eigenvalue weighted by atomic mass is 16.1. The van der Waals surface area contributed by atoms with Gasteiger partial charge >= 0.3 is 0 Å². The van der Waals surface area contributed by atoms with E-state index in [0.717, 1.165) is 17.4 Å². The van der Waals surface area contributed by atoms with Crippen molar-refractivity contribution >= 4 is 11.9 Å². The number of benzene rings is 1. The molecule has 1 atom stereocenters. The largest absolute Gasteiger partial charge is 0.303 e. The SMILES string of the molecule is CC=C(c1ccccc1)C(C)C=O. The molecule has 13 heavy (non-hydrogen) atoms. The molecule has 1 nitrogen and oxygen atoms in total. The molecule has 0 bridgehead atoms. The number of hydrogen-bond acceptors (Lipinski definition) is 1. The fourth-order valence-corrected chi connectivity index (χ4v) is 1.40. The minimum Gasteiger partial charge on any atom is -0.303 e. The molecule has 1 aromatic rings. The van der Waals surface area contributed by atoms with Gasteiger partial charge in [-0.1, -0.05) is 43.3 Å². The molecule has 0 spiro atoms. The van der Waals surface area contributed by atoms with E-state index in [9.17, 15) is 4.79 Å². The van der Waals surface area contributed by atoms with Crippen LogP contribution < -0.4 is 0 Å². The predicted molar refractivity (Wildman–Crippen MR) is 55.3 cm³/mol. The lowest BCUT2D eigenvalue weighted by molar-refractivity contribution is -0.109. The number of allylic oxidation sites excluding steroid dienone is 2. The molecule has 0 radical (unpaired) electrons. The van der Waals surface area contributed by atoms with E-state index >= 15 is 0 Å². The van der Waals surface area contributed by atoms with Crippen LogP contribution in [0.4, 0.5) is 0 Å². The molecular formula is C12H14O. The average molecular weight is 174 g/mol. The van der Waals surface area contributed by atoms with Gasteiger partial charge in [0.25, 0.3) is 0 Å². The molecule has 0 aliphatic carbocycles. The van der Waals surface area contributed by atoms with Crippen LogP contribution in [0.1, 0.15) is 19.4 Å². The Hall–Kier alpha value is -1.37. The van der Waals surface area contributed by atoms with Gasteiger partial charge in [0.15, 0.2) is 0 Å². The molecule has 68 valence electrons. The van der Waals surface area contributed by atoms with Crippen molar-refractivity contribution in [3.05, 3.63) is 42.0 Å². The van der Waals surface area contributed by atoms with E-state index in [1.165, 1.54) is 0 Å². The molecule has 0 N–H and O–H groups in total. The number of aldehydes is 1. The minimum atomic E-state index is -0.0209. The van der Waals surface area contributed by atoms with Crippen LogP contribution in [0.3, 0.4) is 0 Å². The Labute approximate surface area is 79.1 Å². The zero-order chi connectivity index (χ0) is 9.68. The van der Waals surface area contributed by atoms with E-state index in [1.54, 1.807) is 0 Å². The molecule has 0 saturated heterocycles. The number of rotatable bonds is 3. The highest BCUT2D eigenvalue weighted by molar-refractivity contribution is 5.79. The van der Waals surface area contributed by atoms with E-state index in [4.69, 9.17) is 0 Å². The summed E-state index contributed by atoms with van der Waals surface area (Å²) in [5.41, 5.74) is 2.22. The van der Waals surface area contributed by atoms with Crippen molar-refractivity contribution in [1.82, 2.24) is 0 Å². The summed E-state index contributed by atoms with van der Waals surface area (Å²) in [6, 6.07) is 9.99. The maximum absolute atomic E-state index is 10.6. The summed E-state index contributed by atoms with van der Waals surface area (Å²) in [7, 11) is 0. The van der Waals surface area contributed by atoms with Crippen LogP contribution >= 0.6 is 0 Å². The van der Waals surface area contributed by atoms with E-state index in [0.29, 0.717) is 0 Å². The quantitative estimate of drug-likeness (QED) is 0.644. The van der Waals surface area contributed by atoms with Crippen LogP contribution in [0.15, 0.2) is 36.4 Å². The van der Waals surface area contributed by atoms with Gasteiger partial charge < -0.3 is 4.79 Å². The number of carbonyl (C=O) groups is 1. The summed E-state index contributed by atoms with van der Waals surface area (Å²) in [5.74, 6) is -0.0209. The smallest absolute Gasteiger partial charge is 0.127 e. The minimum absolute atomic E-state index is 0.0209. The zero-order valence-electron chi connectivity index (χ0n) is 8.03. The standard InChI is InChI=1S/C12H14O/c1-3-12(10(2)9-13)11-7-5-4-6-8-11/h3-10H,1-2H3. The normalized spacial score (nSPS) is 13.8. The van der Waals surface area contributed by atoms with E-state index in [-0.39, 0.29) is 5.92 Å². The maximum Gasteiger partial charge on any atom is 0.127 e. The summed E-state index contributed by atoms with van der Waals surface area (Å²) in [6.07, 6.45) is 2.97. The third-order valence-electron chi connectivity index (χ3n) is 2.11. The molecule has 0 fully saturated rings. The number of carbonyl (C=O) groups excluding carboxylic acids is 1. The monoisotopic (exact) mass is 174 g/mol. The molecule has 0 amide bonds. The highest BCUT2D eigenvalue weighted by Gasteiger charge is 2.07. The van der Waals surface area contributed by atoms with E-state index in [2.05, 4.69) is 0 Å². The van der Waals surface area contributed by atoms with Gasteiger partial charge in [-0.2, -0.15) is 0 Å².